The second kappa shape index (κ2) is 4.24. The van der Waals surface area contributed by atoms with Crippen LogP contribution in [0.25, 0.3) is 21.5 Å². The molecule has 4 aromatic rings. The molecule has 6 nitrogen and oxygen atoms in total. The SMILES string of the molecule is Nc1nc2ncc(Cn3cnc4cccnc43)cc2s1. The largest absolute Gasteiger partial charge is 0.375 e. The van der Waals surface area contributed by atoms with Crippen LogP contribution in [0.2, 0.25) is 0 Å². The first-order valence-electron chi connectivity index (χ1n) is 6.06. The van der Waals surface area contributed by atoms with Crippen molar-refractivity contribution in [2.24, 2.45) is 0 Å². The summed E-state index contributed by atoms with van der Waals surface area (Å²) in [6.45, 7) is 0.675. The van der Waals surface area contributed by atoms with Gasteiger partial charge in [0, 0.05) is 12.4 Å². The van der Waals surface area contributed by atoms with Crippen LogP contribution in [-0.4, -0.2) is 24.5 Å². The highest BCUT2D eigenvalue weighted by Gasteiger charge is 2.07. The highest BCUT2D eigenvalue weighted by atomic mass is 32.1. The summed E-state index contributed by atoms with van der Waals surface area (Å²) in [6, 6.07) is 5.89. The van der Waals surface area contributed by atoms with Crippen LogP contribution in [0.3, 0.4) is 0 Å². The first-order chi connectivity index (χ1) is 9.79. The number of imidazole rings is 1. The molecule has 0 unspecified atom stereocenters. The molecule has 2 N–H and O–H groups in total. The smallest absolute Gasteiger partial charge is 0.182 e. The number of nitrogens with two attached hydrogens (primary N) is 1. The van der Waals surface area contributed by atoms with Crippen LogP contribution in [-0.2, 0) is 6.54 Å². The Morgan fingerprint density at radius 3 is 3.15 bits per heavy atom. The number of thiazole rings is 1. The third-order valence-electron chi connectivity index (χ3n) is 3.05. The fourth-order valence-electron chi connectivity index (χ4n) is 2.17. The Labute approximate surface area is 117 Å². The molecule has 0 saturated heterocycles. The molecule has 0 radical (unpaired) electrons. The molecule has 0 spiro atoms. The number of pyridine rings is 2. The van der Waals surface area contributed by atoms with Crippen LogP contribution in [0.5, 0.6) is 0 Å². The minimum absolute atomic E-state index is 0.541. The van der Waals surface area contributed by atoms with E-state index in [9.17, 15) is 0 Å². The summed E-state index contributed by atoms with van der Waals surface area (Å²) in [5.74, 6) is 0. The molecule has 0 fully saturated rings. The van der Waals surface area contributed by atoms with Crippen molar-refractivity contribution in [3.05, 3.63) is 42.5 Å². The molecule has 0 aliphatic carbocycles. The minimum atomic E-state index is 0.541. The number of aromatic nitrogens is 5. The molecular weight excluding hydrogens is 272 g/mol. The van der Waals surface area contributed by atoms with Gasteiger partial charge in [-0.2, -0.15) is 0 Å². The van der Waals surface area contributed by atoms with Crippen molar-refractivity contribution in [2.75, 3.05) is 5.73 Å². The predicted molar refractivity (Wildman–Crippen MR) is 78.5 cm³/mol. The Kier molecular flexibility index (Phi) is 2.40. The Morgan fingerprint density at radius 1 is 1.25 bits per heavy atom. The van der Waals surface area contributed by atoms with Crippen molar-refractivity contribution < 1.29 is 0 Å². The van der Waals surface area contributed by atoms with E-state index in [4.69, 9.17) is 5.73 Å². The highest BCUT2D eigenvalue weighted by molar-refractivity contribution is 7.22. The highest BCUT2D eigenvalue weighted by Crippen LogP contribution is 2.23. The lowest BCUT2D eigenvalue weighted by Crippen LogP contribution is -1.99. The molecule has 0 amide bonds. The predicted octanol–water partition coefficient (Wildman–Crippen LogP) is 2.07. The average molecular weight is 282 g/mol. The van der Waals surface area contributed by atoms with Gasteiger partial charge in [-0.1, -0.05) is 11.3 Å². The molecule has 20 heavy (non-hydrogen) atoms. The average Bonchev–Trinajstić information content (AvgIpc) is 3.02. The molecular formula is C13H10N6S. The van der Waals surface area contributed by atoms with Crippen LogP contribution < -0.4 is 5.73 Å². The Balaban J connectivity index is 1.76. The van der Waals surface area contributed by atoms with Gasteiger partial charge in [-0.15, -0.1) is 0 Å². The lowest BCUT2D eigenvalue weighted by Gasteiger charge is -2.03. The van der Waals surface area contributed by atoms with E-state index >= 15 is 0 Å². The number of nitrogen functional groups attached to an aromatic ring is 1. The van der Waals surface area contributed by atoms with E-state index in [1.807, 2.05) is 22.9 Å². The molecule has 0 aliphatic rings. The van der Waals surface area contributed by atoms with Crippen molar-refractivity contribution in [1.29, 1.82) is 0 Å². The van der Waals surface area contributed by atoms with Crippen molar-refractivity contribution >= 4 is 38.0 Å². The molecule has 0 bridgehead atoms. The summed E-state index contributed by atoms with van der Waals surface area (Å²) in [4.78, 5) is 17.2. The fourth-order valence-corrected chi connectivity index (χ4v) is 2.93. The topological polar surface area (TPSA) is 82.5 Å². The molecule has 0 atom stereocenters. The fraction of sp³-hybridized carbons (Fsp3) is 0.0769. The van der Waals surface area contributed by atoms with Gasteiger partial charge in [0.15, 0.2) is 16.4 Å². The minimum Gasteiger partial charge on any atom is -0.375 e. The van der Waals surface area contributed by atoms with E-state index in [1.165, 1.54) is 11.3 Å². The third kappa shape index (κ3) is 1.79. The second-order valence-corrected chi connectivity index (χ2v) is 5.50. The summed E-state index contributed by atoms with van der Waals surface area (Å²) < 4.78 is 3.00. The van der Waals surface area contributed by atoms with Gasteiger partial charge in [0.05, 0.1) is 17.6 Å². The third-order valence-corrected chi connectivity index (χ3v) is 3.87. The summed E-state index contributed by atoms with van der Waals surface area (Å²) in [6.07, 6.45) is 5.38. The van der Waals surface area contributed by atoms with Gasteiger partial charge in [-0.25, -0.2) is 19.9 Å². The molecule has 0 aliphatic heterocycles. The number of hydrogen-bond acceptors (Lipinski definition) is 6. The summed E-state index contributed by atoms with van der Waals surface area (Å²) in [5, 5.41) is 0.541. The van der Waals surface area contributed by atoms with Crippen molar-refractivity contribution in [3.8, 4) is 0 Å². The quantitative estimate of drug-likeness (QED) is 0.608. The summed E-state index contributed by atoms with van der Waals surface area (Å²) in [7, 11) is 0. The van der Waals surface area contributed by atoms with E-state index in [0.717, 1.165) is 21.4 Å². The molecule has 0 saturated carbocycles. The molecule has 7 heteroatoms. The number of hydrogen-bond donors (Lipinski definition) is 1. The van der Waals surface area contributed by atoms with Crippen LogP contribution >= 0.6 is 11.3 Å². The maximum Gasteiger partial charge on any atom is 0.182 e. The Hall–Kier alpha value is -2.54. The van der Waals surface area contributed by atoms with E-state index in [0.29, 0.717) is 17.3 Å². The zero-order valence-electron chi connectivity index (χ0n) is 10.4. The van der Waals surface area contributed by atoms with E-state index in [2.05, 4.69) is 26.0 Å². The van der Waals surface area contributed by atoms with E-state index < -0.39 is 0 Å². The number of anilines is 1. The zero-order chi connectivity index (χ0) is 13.5. The van der Waals surface area contributed by atoms with Crippen LogP contribution in [0.4, 0.5) is 5.13 Å². The maximum absolute atomic E-state index is 5.69. The van der Waals surface area contributed by atoms with Crippen molar-refractivity contribution in [3.63, 3.8) is 0 Å². The molecule has 98 valence electrons. The van der Waals surface area contributed by atoms with Gasteiger partial charge in [-0.3, -0.25) is 0 Å². The van der Waals surface area contributed by atoms with E-state index in [1.54, 1.807) is 12.5 Å². The van der Waals surface area contributed by atoms with Gasteiger partial charge in [-0.05, 0) is 23.8 Å². The maximum atomic E-state index is 5.69. The van der Waals surface area contributed by atoms with Gasteiger partial charge in [0.1, 0.15) is 5.52 Å². The number of fused-ring (bicyclic) bond motifs is 2. The molecule has 4 heterocycles. The number of rotatable bonds is 2. The van der Waals surface area contributed by atoms with Gasteiger partial charge < -0.3 is 10.3 Å². The summed E-state index contributed by atoms with van der Waals surface area (Å²) >= 11 is 1.45. The van der Waals surface area contributed by atoms with E-state index in [-0.39, 0.29) is 0 Å². The molecule has 0 aromatic carbocycles. The Morgan fingerprint density at radius 2 is 2.20 bits per heavy atom. The summed E-state index contributed by atoms with van der Waals surface area (Å²) in [5.41, 5.74) is 9.23. The standard InChI is InChI=1S/C13H10N6S/c14-13-18-11-10(20-13)4-8(5-16-11)6-19-7-17-9-2-1-3-15-12(9)19/h1-5,7H,6H2,(H2,14,16,18). The van der Waals surface area contributed by atoms with Crippen molar-refractivity contribution in [2.45, 2.75) is 6.54 Å². The van der Waals surface area contributed by atoms with Gasteiger partial charge in [0.25, 0.3) is 0 Å². The van der Waals surface area contributed by atoms with Gasteiger partial charge >= 0.3 is 0 Å². The first-order valence-corrected chi connectivity index (χ1v) is 6.88. The lowest BCUT2D eigenvalue weighted by atomic mass is 10.3. The first kappa shape index (κ1) is 11.3. The van der Waals surface area contributed by atoms with Crippen molar-refractivity contribution in [1.82, 2.24) is 24.5 Å². The molecule has 4 rings (SSSR count). The second-order valence-electron chi connectivity index (χ2n) is 4.44. The Bertz CT molecular complexity index is 909. The zero-order valence-corrected chi connectivity index (χ0v) is 11.2. The van der Waals surface area contributed by atoms with Crippen LogP contribution in [0, 0.1) is 0 Å². The lowest BCUT2D eigenvalue weighted by molar-refractivity contribution is 0.812. The normalized spacial score (nSPS) is 11.4. The number of nitrogens with zero attached hydrogens (tertiary/aromatic N) is 5. The van der Waals surface area contributed by atoms with Crippen LogP contribution in [0.1, 0.15) is 5.56 Å². The molecule has 4 aromatic heterocycles. The van der Waals surface area contributed by atoms with Gasteiger partial charge in [0.2, 0.25) is 0 Å². The monoisotopic (exact) mass is 282 g/mol. The van der Waals surface area contributed by atoms with Crippen LogP contribution in [0.15, 0.2) is 36.9 Å².